The van der Waals surface area contributed by atoms with Crippen molar-refractivity contribution in [3.8, 4) is 0 Å². The molecule has 0 bridgehead atoms. The van der Waals surface area contributed by atoms with E-state index >= 15 is 0 Å². The fourth-order valence-electron chi connectivity index (χ4n) is 2.19. The summed E-state index contributed by atoms with van der Waals surface area (Å²) >= 11 is 0. The largest absolute Gasteiger partial charge is 0.398 e. The third-order valence-corrected chi connectivity index (χ3v) is 5.03. The molecule has 0 atom stereocenters. The van der Waals surface area contributed by atoms with Crippen LogP contribution in [0.5, 0.6) is 0 Å². The first-order valence-electron chi connectivity index (χ1n) is 6.86. The Balaban J connectivity index is 2.18. The highest BCUT2D eigenvalue weighted by Gasteiger charge is 2.19. The van der Waals surface area contributed by atoms with Gasteiger partial charge in [-0.15, -0.1) is 0 Å². The maximum absolute atomic E-state index is 12.4. The van der Waals surface area contributed by atoms with E-state index in [-0.39, 0.29) is 17.1 Å². The van der Waals surface area contributed by atoms with Gasteiger partial charge in [0.2, 0.25) is 10.0 Å². The number of nitrogen functional groups attached to an aromatic ring is 1. The third-order valence-electron chi connectivity index (χ3n) is 3.41. The monoisotopic (exact) mass is 304 g/mol. The van der Waals surface area contributed by atoms with E-state index in [1.807, 2.05) is 24.3 Å². The second-order valence-electron chi connectivity index (χ2n) is 4.99. The average molecular weight is 304 g/mol. The van der Waals surface area contributed by atoms with Crippen LogP contribution >= 0.6 is 0 Å². The van der Waals surface area contributed by atoms with Crippen molar-refractivity contribution in [1.82, 2.24) is 4.72 Å². The summed E-state index contributed by atoms with van der Waals surface area (Å²) in [4.78, 5) is 0.162. The Morgan fingerprint density at radius 1 is 1.05 bits per heavy atom. The molecule has 5 heteroatoms. The van der Waals surface area contributed by atoms with Crippen molar-refractivity contribution in [2.45, 2.75) is 31.7 Å². The Bertz CT molecular complexity index is 702. The lowest BCUT2D eigenvalue weighted by molar-refractivity contribution is 0.581. The number of sulfonamides is 1. The third kappa shape index (κ3) is 3.62. The molecule has 2 aromatic carbocycles. The summed E-state index contributed by atoms with van der Waals surface area (Å²) in [5.74, 6) is 0. The van der Waals surface area contributed by atoms with Crippen molar-refractivity contribution in [2.24, 2.45) is 0 Å². The minimum absolute atomic E-state index is 0.162. The van der Waals surface area contributed by atoms with E-state index in [0.717, 1.165) is 12.0 Å². The maximum atomic E-state index is 12.4. The van der Waals surface area contributed by atoms with Crippen molar-refractivity contribution < 1.29 is 8.42 Å². The molecule has 0 aromatic heterocycles. The lowest BCUT2D eigenvalue weighted by atomic mass is 10.1. The molecule has 0 saturated carbocycles. The van der Waals surface area contributed by atoms with Crippen LogP contribution in [-0.4, -0.2) is 8.42 Å². The molecule has 0 fully saturated rings. The van der Waals surface area contributed by atoms with Gasteiger partial charge in [0, 0.05) is 6.54 Å². The predicted octanol–water partition coefficient (Wildman–Crippen LogP) is 2.62. The van der Waals surface area contributed by atoms with E-state index in [9.17, 15) is 8.42 Å². The SMILES string of the molecule is CCc1ccc(CNS(=O)(=O)c2c(C)cccc2N)cc1. The number of hydrogen-bond acceptors (Lipinski definition) is 3. The number of anilines is 1. The minimum atomic E-state index is -3.61. The van der Waals surface area contributed by atoms with Crippen molar-refractivity contribution in [1.29, 1.82) is 0 Å². The normalized spacial score (nSPS) is 11.5. The van der Waals surface area contributed by atoms with Crippen molar-refractivity contribution in [3.05, 3.63) is 59.2 Å². The highest BCUT2D eigenvalue weighted by Crippen LogP contribution is 2.22. The number of nitrogens with two attached hydrogens (primary N) is 1. The van der Waals surface area contributed by atoms with Crippen LogP contribution < -0.4 is 10.5 Å². The van der Waals surface area contributed by atoms with Crippen LogP contribution in [0.15, 0.2) is 47.4 Å². The Hall–Kier alpha value is -1.85. The first-order chi connectivity index (χ1) is 9.94. The van der Waals surface area contributed by atoms with Crippen LogP contribution in [0, 0.1) is 6.92 Å². The molecular weight excluding hydrogens is 284 g/mol. The Kier molecular flexibility index (Phi) is 4.65. The van der Waals surface area contributed by atoms with E-state index in [1.54, 1.807) is 25.1 Å². The van der Waals surface area contributed by atoms with Crippen LogP contribution in [0.3, 0.4) is 0 Å². The predicted molar refractivity (Wildman–Crippen MR) is 85.4 cm³/mol. The quantitative estimate of drug-likeness (QED) is 0.834. The topological polar surface area (TPSA) is 72.2 Å². The van der Waals surface area contributed by atoms with E-state index in [1.165, 1.54) is 5.56 Å². The van der Waals surface area contributed by atoms with Gasteiger partial charge in [-0.1, -0.05) is 43.3 Å². The van der Waals surface area contributed by atoms with Gasteiger partial charge in [0.1, 0.15) is 4.90 Å². The molecule has 2 aromatic rings. The van der Waals surface area contributed by atoms with E-state index in [0.29, 0.717) is 5.56 Å². The lowest BCUT2D eigenvalue weighted by Gasteiger charge is -2.12. The molecule has 0 aliphatic heterocycles. The van der Waals surface area contributed by atoms with Gasteiger partial charge in [-0.2, -0.15) is 0 Å². The van der Waals surface area contributed by atoms with Gasteiger partial charge in [-0.05, 0) is 36.1 Å². The second kappa shape index (κ2) is 6.28. The van der Waals surface area contributed by atoms with Crippen LogP contribution in [0.25, 0.3) is 0 Å². The van der Waals surface area contributed by atoms with Gasteiger partial charge >= 0.3 is 0 Å². The number of rotatable bonds is 5. The standard InChI is InChI=1S/C16H20N2O2S/c1-3-13-7-9-14(10-8-13)11-18-21(19,20)16-12(2)5-4-6-15(16)17/h4-10,18H,3,11,17H2,1-2H3. The number of nitrogens with one attached hydrogen (secondary N) is 1. The molecule has 21 heavy (non-hydrogen) atoms. The first-order valence-corrected chi connectivity index (χ1v) is 8.35. The molecule has 0 amide bonds. The molecule has 0 unspecified atom stereocenters. The summed E-state index contributed by atoms with van der Waals surface area (Å²) in [6, 6.07) is 13.0. The van der Waals surface area contributed by atoms with Gasteiger partial charge in [0.15, 0.2) is 0 Å². The Labute approximate surface area is 126 Å². The second-order valence-corrected chi connectivity index (χ2v) is 6.69. The molecule has 3 N–H and O–H groups in total. The molecule has 0 heterocycles. The summed E-state index contributed by atoms with van der Waals surface area (Å²) < 4.78 is 27.4. The summed E-state index contributed by atoms with van der Waals surface area (Å²) in [7, 11) is -3.61. The van der Waals surface area contributed by atoms with Crippen LogP contribution in [-0.2, 0) is 23.0 Å². The van der Waals surface area contributed by atoms with Crippen LogP contribution in [0.1, 0.15) is 23.6 Å². The molecule has 2 rings (SSSR count). The molecule has 0 aliphatic carbocycles. The summed E-state index contributed by atoms with van der Waals surface area (Å²) in [6.07, 6.45) is 0.964. The zero-order chi connectivity index (χ0) is 15.5. The smallest absolute Gasteiger partial charge is 0.243 e. The minimum Gasteiger partial charge on any atom is -0.398 e. The van der Waals surface area contributed by atoms with Crippen LogP contribution in [0.2, 0.25) is 0 Å². The Morgan fingerprint density at radius 2 is 1.67 bits per heavy atom. The van der Waals surface area contributed by atoms with Gasteiger partial charge in [-0.3, -0.25) is 0 Å². The fourth-order valence-corrected chi connectivity index (χ4v) is 3.56. The molecule has 0 aliphatic rings. The number of aryl methyl sites for hydroxylation is 2. The zero-order valence-corrected chi connectivity index (χ0v) is 13.1. The van der Waals surface area contributed by atoms with Gasteiger partial charge < -0.3 is 5.73 Å². The van der Waals surface area contributed by atoms with Crippen molar-refractivity contribution in [3.63, 3.8) is 0 Å². The molecule has 4 nitrogen and oxygen atoms in total. The van der Waals surface area contributed by atoms with Gasteiger partial charge in [0.25, 0.3) is 0 Å². The molecule has 0 spiro atoms. The molecule has 0 saturated heterocycles. The van der Waals surface area contributed by atoms with E-state index < -0.39 is 10.0 Å². The summed E-state index contributed by atoms with van der Waals surface area (Å²) in [6.45, 7) is 4.07. The van der Waals surface area contributed by atoms with Gasteiger partial charge in [-0.25, -0.2) is 13.1 Å². The van der Waals surface area contributed by atoms with E-state index in [2.05, 4.69) is 11.6 Å². The first kappa shape index (κ1) is 15.5. The number of hydrogen-bond donors (Lipinski definition) is 2. The maximum Gasteiger partial charge on any atom is 0.243 e. The van der Waals surface area contributed by atoms with Crippen molar-refractivity contribution >= 4 is 15.7 Å². The molecule has 112 valence electrons. The van der Waals surface area contributed by atoms with Gasteiger partial charge in [0.05, 0.1) is 5.69 Å². The molecule has 0 radical (unpaired) electrons. The Morgan fingerprint density at radius 3 is 2.24 bits per heavy atom. The lowest BCUT2D eigenvalue weighted by Crippen LogP contribution is -2.25. The summed E-state index contributed by atoms with van der Waals surface area (Å²) in [5.41, 5.74) is 8.85. The highest BCUT2D eigenvalue weighted by molar-refractivity contribution is 7.89. The fraction of sp³-hybridized carbons (Fsp3) is 0.250. The number of benzene rings is 2. The molecular formula is C16H20N2O2S. The van der Waals surface area contributed by atoms with E-state index in [4.69, 9.17) is 5.73 Å². The van der Waals surface area contributed by atoms with Crippen molar-refractivity contribution in [2.75, 3.05) is 5.73 Å². The zero-order valence-electron chi connectivity index (χ0n) is 12.3. The van der Waals surface area contributed by atoms with Crippen LogP contribution in [0.4, 0.5) is 5.69 Å². The summed E-state index contributed by atoms with van der Waals surface area (Å²) in [5, 5.41) is 0. The highest BCUT2D eigenvalue weighted by atomic mass is 32.2. The average Bonchev–Trinajstić information content (AvgIpc) is 2.45.